The fraction of sp³-hybridized carbons (Fsp3) is 0.294. The highest BCUT2D eigenvalue weighted by Gasteiger charge is 2.07. The lowest BCUT2D eigenvalue weighted by Crippen LogP contribution is -2.07. The molecule has 2 rings (SSSR count). The zero-order valence-corrected chi connectivity index (χ0v) is 11.8. The van der Waals surface area contributed by atoms with E-state index in [0.29, 0.717) is 5.69 Å². The van der Waals surface area contributed by atoms with Crippen molar-refractivity contribution in [3.8, 4) is 0 Å². The van der Waals surface area contributed by atoms with Gasteiger partial charge >= 0.3 is 0 Å². The van der Waals surface area contributed by atoms with Crippen LogP contribution < -0.4 is 5.32 Å². The second-order valence-electron chi connectivity index (χ2n) is 5.02. The number of anilines is 1. The van der Waals surface area contributed by atoms with Crippen LogP contribution >= 0.6 is 0 Å². The Morgan fingerprint density at radius 3 is 2.15 bits per heavy atom. The van der Waals surface area contributed by atoms with Gasteiger partial charge in [-0.3, -0.25) is 0 Å². The van der Waals surface area contributed by atoms with Gasteiger partial charge in [-0.25, -0.2) is 8.78 Å². The van der Waals surface area contributed by atoms with E-state index in [4.69, 9.17) is 0 Å². The lowest BCUT2D eigenvalue weighted by atomic mass is 10.0. The summed E-state index contributed by atoms with van der Waals surface area (Å²) in [5.41, 5.74) is 2.85. The van der Waals surface area contributed by atoms with E-state index in [9.17, 15) is 8.78 Å². The van der Waals surface area contributed by atoms with Crippen molar-refractivity contribution < 1.29 is 8.78 Å². The molecule has 2 aromatic rings. The first kappa shape index (κ1) is 14.5. The SMILES string of the molecule is CCCc1ccc(C(C)Nc2cc(F)cc(F)c2)cc1. The summed E-state index contributed by atoms with van der Waals surface area (Å²) in [4.78, 5) is 0. The van der Waals surface area contributed by atoms with Crippen LogP contribution in [0.3, 0.4) is 0 Å². The van der Waals surface area contributed by atoms with E-state index in [1.54, 1.807) is 0 Å². The Bertz CT molecular complexity index is 543. The summed E-state index contributed by atoms with van der Waals surface area (Å²) < 4.78 is 26.3. The molecule has 0 aliphatic heterocycles. The second-order valence-corrected chi connectivity index (χ2v) is 5.02. The highest BCUT2D eigenvalue weighted by molar-refractivity contribution is 5.46. The normalized spacial score (nSPS) is 12.2. The van der Waals surface area contributed by atoms with Gasteiger partial charge in [-0.15, -0.1) is 0 Å². The van der Waals surface area contributed by atoms with Crippen LogP contribution in [-0.2, 0) is 6.42 Å². The number of halogens is 2. The van der Waals surface area contributed by atoms with Crippen LogP contribution in [0, 0.1) is 11.6 Å². The lowest BCUT2D eigenvalue weighted by molar-refractivity contribution is 0.583. The zero-order valence-electron chi connectivity index (χ0n) is 11.8. The molecule has 0 fully saturated rings. The zero-order chi connectivity index (χ0) is 14.5. The average Bonchev–Trinajstić information content (AvgIpc) is 2.38. The van der Waals surface area contributed by atoms with Gasteiger partial charge in [0.15, 0.2) is 0 Å². The van der Waals surface area contributed by atoms with Crippen LogP contribution in [0.1, 0.15) is 37.4 Å². The highest BCUT2D eigenvalue weighted by Crippen LogP contribution is 2.21. The smallest absolute Gasteiger partial charge is 0.128 e. The fourth-order valence-electron chi connectivity index (χ4n) is 2.23. The Morgan fingerprint density at radius 1 is 1.00 bits per heavy atom. The number of benzene rings is 2. The molecule has 0 radical (unpaired) electrons. The van der Waals surface area contributed by atoms with E-state index in [-0.39, 0.29) is 6.04 Å². The lowest BCUT2D eigenvalue weighted by Gasteiger charge is -2.16. The number of hydrogen-bond acceptors (Lipinski definition) is 1. The van der Waals surface area contributed by atoms with Crippen LogP contribution in [-0.4, -0.2) is 0 Å². The van der Waals surface area contributed by atoms with Crippen molar-refractivity contribution in [1.29, 1.82) is 0 Å². The molecule has 0 heterocycles. The maximum absolute atomic E-state index is 13.1. The summed E-state index contributed by atoms with van der Waals surface area (Å²) in [6.45, 7) is 4.12. The van der Waals surface area contributed by atoms with Crippen LogP contribution in [0.25, 0.3) is 0 Å². The van der Waals surface area contributed by atoms with E-state index < -0.39 is 11.6 Å². The monoisotopic (exact) mass is 275 g/mol. The first-order chi connectivity index (χ1) is 9.58. The largest absolute Gasteiger partial charge is 0.378 e. The van der Waals surface area contributed by atoms with Crippen LogP contribution in [0.15, 0.2) is 42.5 Å². The standard InChI is InChI=1S/C17H19F2N/c1-3-4-13-5-7-14(8-6-13)12(2)20-17-10-15(18)9-16(19)11-17/h5-12,20H,3-4H2,1-2H3. The van der Waals surface area contributed by atoms with E-state index >= 15 is 0 Å². The van der Waals surface area contributed by atoms with E-state index in [1.165, 1.54) is 17.7 Å². The first-order valence-corrected chi connectivity index (χ1v) is 6.90. The van der Waals surface area contributed by atoms with Gasteiger partial charge in [0.2, 0.25) is 0 Å². The Hall–Kier alpha value is -1.90. The molecule has 0 spiro atoms. The number of hydrogen-bond donors (Lipinski definition) is 1. The van der Waals surface area contributed by atoms with Crippen molar-refractivity contribution in [1.82, 2.24) is 0 Å². The van der Waals surface area contributed by atoms with Crippen LogP contribution in [0.4, 0.5) is 14.5 Å². The number of aryl methyl sites for hydroxylation is 1. The summed E-state index contributed by atoms with van der Waals surface area (Å²) >= 11 is 0. The minimum atomic E-state index is -0.571. The van der Waals surface area contributed by atoms with Crippen molar-refractivity contribution in [2.75, 3.05) is 5.32 Å². The van der Waals surface area contributed by atoms with E-state index in [0.717, 1.165) is 24.5 Å². The predicted octanol–water partition coefficient (Wildman–Crippen LogP) is 5.09. The summed E-state index contributed by atoms with van der Waals surface area (Å²) in [6, 6.07) is 11.8. The molecule has 3 heteroatoms. The van der Waals surface area contributed by atoms with Crippen molar-refractivity contribution >= 4 is 5.69 Å². The van der Waals surface area contributed by atoms with Crippen LogP contribution in [0.5, 0.6) is 0 Å². The molecule has 2 aromatic carbocycles. The van der Waals surface area contributed by atoms with Crippen LogP contribution in [0.2, 0.25) is 0 Å². The minimum absolute atomic E-state index is 0.00752. The van der Waals surface area contributed by atoms with Crippen molar-refractivity contribution in [2.45, 2.75) is 32.7 Å². The maximum Gasteiger partial charge on any atom is 0.128 e. The molecule has 20 heavy (non-hydrogen) atoms. The van der Waals surface area contributed by atoms with Gasteiger partial charge in [0.05, 0.1) is 0 Å². The molecule has 0 aliphatic carbocycles. The molecule has 1 atom stereocenters. The van der Waals surface area contributed by atoms with Gasteiger partial charge in [-0.1, -0.05) is 37.6 Å². The molecule has 0 aromatic heterocycles. The Kier molecular flexibility index (Phi) is 4.72. The Labute approximate surface area is 118 Å². The highest BCUT2D eigenvalue weighted by atomic mass is 19.1. The molecule has 106 valence electrons. The Morgan fingerprint density at radius 2 is 1.60 bits per heavy atom. The maximum atomic E-state index is 13.1. The minimum Gasteiger partial charge on any atom is -0.378 e. The van der Waals surface area contributed by atoms with Gasteiger partial charge in [-0.05, 0) is 36.6 Å². The summed E-state index contributed by atoms with van der Waals surface area (Å²) in [6.07, 6.45) is 2.19. The summed E-state index contributed by atoms with van der Waals surface area (Å²) in [5.74, 6) is -1.14. The molecule has 1 unspecified atom stereocenters. The molecule has 0 saturated carbocycles. The summed E-state index contributed by atoms with van der Waals surface area (Å²) in [5, 5.41) is 3.11. The molecule has 1 N–H and O–H groups in total. The molecule has 0 bridgehead atoms. The van der Waals surface area contributed by atoms with Crippen molar-refractivity contribution in [3.63, 3.8) is 0 Å². The molecule has 0 amide bonds. The van der Waals surface area contributed by atoms with Gasteiger partial charge in [0, 0.05) is 17.8 Å². The molecule has 0 aliphatic rings. The molecule has 1 nitrogen and oxygen atoms in total. The predicted molar refractivity (Wildman–Crippen MR) is 78.8 cm³/mol. The quantitative estimate of drug-likeness (QED) is 0.801. The molecular formula is C17H19F2N. The van der Waals surface area contributed by atoms with Gasteiger partial charge in [-0.2, -0.15) is 0 Å². The van der Waals surface area contributed by atoms with E-state index in [1.807, 2.05) is 6.92 Å². The van der Waals surface area contributed by atoms with Crippen molar-refractivity contribution in [3.05, 3.63) is 65.2 Å². The average molecular weight is 275 g/mol. The topological polar surface area (TPSA) is 12.0 Å². The Balaban J connectivity index is 2.08. The van der Waals surface area contributed by atoms with Gasteiger partial charge < -0.3 is 5.32 Å². The van der Waals surface area contributed by atoms with Crippen molar-refractivity contribution in [2.24, 2.45) is 0 Å². The number of rotatable bonds is 5. The van der Waals surface area contributed by atoms with E-state index in [2.05, 4.69) is 36.5 Å². The molecular weight excluding hydrogens is 256 g/mol. The third-order valence-electron chi connectivity index (χ3n) is 3.26. The van der Waals surface area contributed by atoms with Gasteiger partial charge in [0.1, 0.15) is 11.6 Å². The first-order valence-electron chi connectivity index (χ1n) is 6.90. The second kappa shape index (κ2) is 6.51. The molecule has 0 saturated heterocycles. The third kappa shape index (κ3) is 3.80. The summed E-state index contributed by atoms with van der Waals surface area (Å²) in [7, 11) is 0. The fourth-order valence-corrected chi connectivity index (χ4v) is 2.23. The number of nitrogens with one attached hydrogen (secondary N) is 1. The van der Waals surface area contributed by atoms with Gasteiger partial charge in [0.25, 0.3) is 0 Å². The third-order valence-corrected chi connectivity index (χ3v) is 3.26.